The molecule has 0 aromatic heterocycles. The molecule has 0 radical (unpaired) electrons. The van der Waals surface area contributed by atoms with Crippen molar-refractivity contribution in [2.45, 2.75) is 5.50 Å². The molecule has 0 aromatic carbocycles. The Balaban J connectivity index is 2.90. The lowest BCUT2D eigenvalue weighted by Gasteiger charge is -2.13. The van der Waals surface area contributed by atoms with Gasteiger partial charge in [-0.05, 0) is 22.0 Å². The highest BCUT2D eigenvalue weighted by atomic mass is 79.9. The molecule has 1 heterocycles. The summed E-state index contributed by atoms with van der Waals surface area (Å²) in [5.41, 5.74) is 5.10. The van der Waals surface area contributed by atoms with Crippen LogP contribution >= 0.6 is 27.5 Å². The summed E-state index contributed by atoms with van der Waals surface area (Å²) in [7, 11) is 0. The van der Waals surface area contributed by atoms with E-state index in [1.54, 1.807) is 12.3 Å². The highest BCUT2D eigenvalue weighted by molar-refractivity contribution is 9.12. The van der Waals surface area contributed by atoms with Gasteiger partial charge in [0.25, 0.3) is 0 Å². The number of amides is 1. The van der Waals surface area contributed by atoms with Crippen molar-refractivity contribution in [1.82, 2.24) is 5.32 Å². The van der Waals surface area contributed by atoms with Gasteiger partial charge in [-0.15, -0.1) is 0 Å². The van der Waals surface area contributed by atoms with Crippen LogP contribution in [0.15, 0.2) is 22.3 Å². The molecule has 0 spiro atoms. The summed E-state index contributed by atoms with van der Waals surface area (Å²) >= 11 is 8.81. The molecule has 3 N–H and O–H groups in total. The van der Waals surface area contributed by atoms with E-state index in [1.165, 1.54) is 0 Å². The Morgan fingerprint density at radius 3 is 2.91 bits per heavy atom. The number of nitrogens with two attached hydrogens (primary N) is 1. The van der Waals surface area contributed by atoms with E-state index >= 15 is 0 Å². The van der Waals surface area contributed by atoms with Crippen LogP contribution in [0.1, 0.15) is 0 Å². The smallest absolute Gasteiger partial charge is 0.249 e. The topological polar surface area (TPSA) is 55.1 Å². The van der Waals surface area contributed by atoms with Gasteiger partial charge in [-0.2, -0.15) is 0 Å². The number of carbonyl (C=O) groups is 1. The van der Waals surface area contributed by atoms with Crippen LogP contribution < -0.4 is 11.1 Å². The average molecular weight is 237 g/mol. The zero-order chi connectivity index (χ0) is 8.43. The van der Waals surface area contributed by atoms with Gasteiger partial charge in [0, 0.05) is 10.7 Å². The van der Waals surface area contributed by atoms with E-state index < -0.39 is 5.91 Å². The second-order valence-corrected chi connectivity index (χ2v) is 3.33. The molecule has 1 aliphatic rings. The van der Waals surface area contributed by atoms with Crippen molar-refractivity contribution < 1.29 is 4.79 Å². The summed E-state index contributed by atoms with van der Waals surface area (Å²) in [5.74, 6) is -0.486. The molecule has 1 aliphatic heterocycles. The number of carbonyl (C=O) groups excluding carboxylic acids is 1. The van der Waals surface area contributed by atoms with Crippen molar-refractivity contribution in [3.63, 3.8) is 0 Å². The van der Waals surface area contributed by atoms with Crippen LogP contribution in [0.3, 0.4) is 0 Å². The van der Waals surface area contributed by atoms with Crippen molar-refractivity contribution in [3.8, 4) is 0 Å². The van der Waals surface area contributed by atoms with E-state index in [2.05, 4.69) is 21.2 Å². The molecule has 11 heavy (non-hydrogen) atoms. The van der Waals surface area contributed by atoms with Gasteiger partial charge in [0.1, 0.15) is 5.50 Å². The molecule has 3 nitrogen and oxygen atoms in total. The van der Waals surface area contributed by atoms with Crippen LogP contribution in [0.5, 0.6) is 0 Å². The van der Waals surface area contributed by atoms with Gasteiger partial charge in [0.2, 0.25) is 5.91 Å². The molecule has 0 aliphatic carbocycles. The number of nitrogens with one attached hydrogen (secondary N) is 1. The minimum atomic E-state index is -0.486. The van der Waals surface area contributed by atoms with Crippen LogP contribution in [-0.2, 0) is 4.79 Å². The fraction of sp³-hybridized carbons (Fsp3) is 0.167. The number of halogens is 2. The Kier molecular flexibility index (Phi) is 2.57. The first kappa shape index (κ1) is 8.62. The molecule has 5 heteroatoms. The Bertz CT molecular complexity index is 249. The van der Waals surface area contributed by atoms with Crippen LogP contribution in [0.4, 0.5) is 0 Å². The minimum absolute atomic E-state index is 0.362. The van der Waals surface area contributed by atoms with Gasteiger partial charge in [0.05, 0.1) is 5.57 Å². The number of hydrogen-bond donors (Lipinski definition) is 2. The number of dihydropyridines is 1. The van der Waals surface area contributed by atoms with E-state index in [4.69, 9.17) is 17.3 Å². The largest absolute Gasteiger partial charge is 0.371 e. The highest BCUT2D eigenvalue weighted by Gasteiger charge is 2.14. The zero-order valence-corrected chi connectivity index (χ0v) is 7.82. The van der Waals surface area contributed by atoms with E-state index in [1.807, 2.05) is 0 Å². The third-order valence-corrected chi connectivity index (χ3v) is 2.11. The predicted molar refractivity (Wildman–Crippen MR) is 47.1 cm³/mol. The molecule has 1 unspecified atom stereocenters. The molecule has 0 fully saturated rings. The molecule has 60 valence electrons. The quantitative estimate of drug-likeness (QED) is 0.524. The number of primary amides is 1. The van der Waals surface area contributed by atoms with Gasteiger partial charge in [-0.3, -0.25) is 4.79 Å². The Morgan fingerprint density at radius 2 is 2.45 bits per heavy atom. The second kappa shape index (κ2) is 3.28. The first-order valence-electron chi connectivity index (χ1n) is 2.89. The second-order valence-electron chi connectivity index (χ2n) is 2.01. The Hall–Kier alpha value is -0.480. The lowest BCUT2D eigenvalue weighted by molar-refractivity contribution is -0.114. The lowest BCUT2D eigenvalue weighted by Crippen LogP contribution is -2.25. The van der Waals surface area contributed by atoms with Gasteiger partial charge in [-0.1, -0.05) is 11.6 Å². The minimum Gasteiger partial charge on any atom is -0.371 e. The molecule has 1 amide bonds. The van der Waals surface area contributed by atoms with Crippen LogP contribution in [-0.4, -0.2) is 11.4 Å². The molecular weight excluding hydrogens is 231 g/mol. The van der Waals surface area contributed by atoms with Gasteiger partial charge >= 0.3 is 0 Å². The molecule has 0 bridgehead atoms. The molecule has 0 aromatic rings. The van der Waals surface area contributed by atoms with Gasteiger partial charge in [0.15, 0.2) is 0 Å². The summed E-state index contributed by atoms with van der Waals surface area (Å²) in [4.78, 5) is 10.7. The summed E-state index contributed by atoms with van der Waals surface area (Å²) < 4.78 is 0.627. The molecule has 1 rings (SSSR count). The maximum atomic E-state index is 10.7. The number of rotatable bonds is 1. The molecule has 1 atom stereocenters. The SMILES string of the molecule is NC(=O)C1=CC(Cl)NC=C1Br. The van der Waals surface area contributed by atoms with Gasteiger partial charge in [-0.25, -0.2) is 0 Å². The van der Waals surface area contributed by atoms with E-state index in [0.29, 0.717) is 10.1 Å². The fourth-order valence-corrected chi connectivity index (χ4v) is 1.35. The zero-order valence-electron chi connectivity index (χ0n) is 5.47. The molecular formula is C6H6BrClN2O. The van der Waals surface area contributed by atoms with Crippen LogP contribution in [0.2, 0.25) is 0 Å². The molecule has 0 saturated heterocycles. The summed E-state index contributed by atoms with van der Waals surface area (Å²) in [6.07, 6.45) is 3.14. The first-order chi connectivity index (χ1) is 5.11. The first-order valence-corrected chi connectivity index (χ1v) is 4.12. The number of alkyl halides is 1. The van der Waals surface area contributed by atoms with Crippen molar-refractivity contribution >= 4 is 33.4 Å². The monoisotopic (exact) mass is 236 g/mol. The lowest BCUT2D eigenvalue weighted by atomic mass is 10.2. The average Bonchev–Trinajstić information content (AvgIpc) is 1.94. The third kappa shape index (κ3) is 1.97. The van der Waals surface area contributed by atoms with Crippen LogP contribution in [0.25, 0.3) is 0 Å². The van der Waals surface area contributed by atoms with Crippen molar-refractivity contribution in [3.05, 3.63) is 22.3 Å². The van der Waals surface area contributed by atoms with Crippen molar-refractivity contribution in [1.29, 1.82) is 0 Å². The van der Waals surface area contributed by atoms with Crippen molar-refractivity contribution in [2.75, 3.05) is 0 Å². The van der Waals surface area contributed by atoms with Crippen LogP contribution in [0, 0.1) is 0 Å². The maximum absolute atomic E-state index is 10.7. The Labute approximate surface area is 77.4 Å². The fourth-order valence-electron chi connectivity index (χ4n) is 0.704. The number of hydrogen-bond acceptors (Lipinski definition) is 2. The van der Waals surface area contributed by atoms with Crippen molar-refractivity contribution in [2.24, 2.45) is 5.73 Å². The van der Waals surface area contributed by atoms with E-state index in [-0.39, 0.29) is 5.50 Å². The normalized spacial score (nSPS) is 23.3. The summed E-state index contributed by atoms with van der Waals surface area (Å²) in [6, 6.07) is 0. The van der Waals surface area contributed by atoms with Gasteiger partial charge < -0.3 is 11.1 Å². The summed E-state index contributed by atoms with van der Waals surface area (Å²) in [5, 5.41) is 2.79. The van der Waals surface area contributed by atoms with E-state index in [9.17, 15) is 4.79 Å². The van der Waals surface area contributed by atoms with E-state index in [0.717, 1.165) is 0 Å². The maximum Gasteiger partial charge on any atom is 0.249 e. The standard InChI is InChI=1S/C6H6BrClN2O/c7-4-2-10-5(8)1-3(4)6(9)11/h1-2,5,10H,(H2,9,11). The predicted octanol–water partition coefficient (Wildman–Crippen LogP) is 0.802. The summed E-state index contributed by atoms with van der Waals surface area (Å²) in [6.45, 7) is 0. The Morgan fingerprint density at radius 1 is 1.82 bits per heavy atom. The third-order valence-electron chi connectivity index (χ3n) is 1.21. The highest BCUT2D eigenvalue weighted by Crippen LogP contribution is 2.20. The molecule has 0 saturated carbocycles.